The van der Waals surface area contributed by atoms with Crippen LogP contribution in [0.3, 0.4) is 0 Å². The summed E-state index contributed by atoms with van der Waals surface area (Å²) >= 11 is 0. The minimum atomic E-state index is 0.244. The predicted molar refractivity (Wildman–Crippen MR) is 53.9 cm³/mol. The van der Waals surface area contributed by atoms with Gasteiger partial charge in [-0.05, 0) is 25.2 Å². The van der Waals surface area contributed by atoms with Gasteiger partial charge in [0.2, 0.25) is 5.91 Å². The summed E-state index contributed by atoms with van der Waals surface area (Å²) in [6.45, 7) is 5.68. The molecule has 1 amide bonds. The van der Waals surface area contributed by atoms with Crippen molar-refractivity contribution in [1.29, 1.82) is 0 Å². The number of carbonyl (C=O) groups is 1. The highest BCUT2D eigenvalue weighted by Crippen LogP contribution is 2.22. The number of likely N-dealkylation sites (tertiary alicyclic amines) is 1. The molecule has 3 nitrogen and oxygen atoms in total. The van der Waals surface area contributed by atoms with Crippen molar-refractivity contribution >= 4 is 5.91 Å². The number of amides is 1. The van der Waals surface area contributed by atoms with Gasteiger partial charge in [0.1, 0.15) is 0 Å². The SMILES string of the molecule is C[C@H]1CCN(C(=O)C2CCOCC2)C1. The molecular weight excluding hydrogens is 178 g/mol. The van der Waals surface area contributed by atoms with Crippen molar-refractivity contribution in [2.75, 3.05) is 26.3 Å². The average molecular weight is 197 g/mol. The maximum absolute atomic E-state index is 12.0. The molecule has 0 N–H and O–H groups in total. The molecule has 2 aliphatic heterocycles. The number of carbonyl (C=O) groups excluding carboxylic acids is 1. The third kappa shape index (κ3) is 2.08. The summed E-state index contributed by atoms with van der Waals surface area (Å²) in [5.74, 6) is 1.31. The van der Waals surface area contributed by atoms with E-state index < -0.39 is 0 Å². The number of hydrogen-bond donors (Lipinski definition) is 0. The van der Waals surface area contributed by atoms with Gasteiger partial charge >= 0.3 is 0 Å². The second kappa shape index (κ2) is 4.30. The molecule has 2 aliphatic rings. The number of ether oxygens (including phenoxy) is 1. The Kier molecular flexibility index (Phi) is 3.06. The Balaban J connectivity index is 1.87. The van der Waals surface area contributed by atoms with Gasteiger partial charge in [-0.1, -0.05) is 6.92 Å². The summed E-state index contributed by atoms with van der Waals surface area (Å²) in [5, 5.41) is 0. The molecule has 1 atom stereocenters. The van der Waals surface area contributed by atoms with Crippen LogP contribution in [0.1, 0.15) is 26.2 Å². The maximum Gasteiger partial charge on any atom is 0.225 e. The Hall–Kier alpha value is -0.570. The first-order valence-corrected chi connectivity index (χ1v) is 5.64. The smallest absolute Gasteiger partial charge is 0.225 e. The third-order valence-electron chi connectivity index (χ3n) is 3.31. The summed E-state index contributed by atoms with van der Waals surface area (Å²) in [7, 11) is 0. The molecule has 14 heavy (non-hydrogen) atoms. The normalized spacial score (nSPS) is 29.5. The highest BCUT2D eigenvalue weighted by Gasteiger charge is 2.29. The minimum Gasteiger partial charge on any atom is -0.381 e. The van der Waals surface area contributed by atoms with Crippen LogP contribution in [-0.2, 0) is 9.53 Å². The molecule has 0 saturated carbocycles. The van der Waals surface area contributed by atoms with Gasteiger partial charge in [0, 0.05) is 32.2 Å². The van der Waals surface area contributed by atoms with Crippen LogP contribution in [-0.4, -0.2) is 37.1 Å². The van der Waals surface area contributed by atoms with Crippen LogP contribution in [0.5, 0.6) is 0 Å². The predicted octanol–water partition coefficient (Wildman–Crippen LogP) is 1.28. The highest BCUT2D eigenvalue weighted by molar-refractivity contribution is 5.79. The van der Waals surface area contributed by atoms with Gasteiger partial charge < -0.3 is 9.64 Å². The fraction of sp³-hybridized carbons (Fsp3) is 0.909. The lowest BCUT2D eigenvalue weighted by atomic mass is 9.99. The van der Waals surface area contributed by atoms with E-state index in [-0.39, 0.29) is 5.92 Å². The van der Waals surface area contributed by atoms with E-state index in [1.807, 2.05) is 4.90 Å². The van der Waals surface area contributed by atoms with E-state index in [1.54, 1.807) is 0 Å². The van der Waals surface area contributed by atoms with Gasteiger partial charge in [0.15, 0.2) is 0 Å². The molecule has 2 saturated heterocycles. The van der Waals surface area contributed by atoms with Crippen molar-refractivity contribution in [3.05, 3.63) is 0 Å². The molecule has 3 heteroatoms. The molecule has 0 aromatic heterocycles. The van der Waals surface area contributed by atoms with E-state index in [0.29, 0.717) is 11.8 Å². The van der Waals surface area contributed by atoms with E-state index in [9.17, 15) is 4.79 Å². The highest BCUT2D eigenvalue weighted by atomic mass is 16.5. The van der Waals surface area contributed by atoms with Crippen LogP contribution < -0.4 is 0 Å². The van der Waals surface area contributed by atoms with Gasteiger partial charge in [0.25, 0.3) is 0 Å². The molecule has 80 valence electrons. The number of hydrogen-bond acceptors (Lipinski definition) is 2. The first-order valence-electron chi connectivity index (χ1n) is 5.64. The van der Waals surface area contributed by atoms with Gasteiger partial charge in [0.05, 0.1) is 0 Å². The fourth-order valence-corrected chi connectivity index (χ4v) is 2.34. The van der Waals surface area contributed by atoms with Crippen LogP contribution >= 0.6 is 0 Å². The molecule has 2 heterocycles. The van der Waals surface area contributed by atoms with Crippen molar-refractivity contribution < 1.29 is 9.53 Å². The Morgan fingerprint density at radius 2 is 2.00 bits per heavy atom. The molecule has 0 radical (unpaired) electrons. The molecule has 0 aliphatic carbocycles. The average Bonchev–Trinajstić information content (AvgIpc) is 2.65. The fourth-order valence-electron chi connectivity index (χ4n) is 2.34. The van der Waals surface area contributed by atoms with Crippen LogP contribution in [0.2, 0.25) is 0 Å². The van der Waals surface area contributed by atoms with Gasteiger partial charge in [-0.3, -0.25) is 4.79 Å². The van der Waals surface area contributed by atoms with E-state index in [2.05, 4.69) is 6.92 Å². The standard InChI is InChI=1S/C11H19NO2/c1-9-2-5-12(8-9)11(13)10-3-6-14-7-4-10/h9-10H,2-8H2,1H3/t9-/m0/s1. The van der Waals surface area contributed by atoms with Crippen molar-refractivity contribution in [2.45, 2.75) is 26.2 Å². The minimum absolute atomic E-state index is 0.244. The lowest BCUT2D eigenvalue weighted by Crippen LogP contribution is -2.36. The lowest BCUT2D eigenvalue weighted by molar-refractivity contribution is -0.137. The first kappa shape index (κ1) is 9.97. The molecule has 0 spiro atoms. The van der Waals surface area contributed by atoms with Gasteiger partial charge in [-0.25, -0.2) is 0 Å². The molecule has 0 aromatic carbocycles. The monoisotopic (exact) mass is 197 g/mol. The summed E-state index contributed by atoms with van der Waals surface area (Å²) in [4.78, 5) is 14.1. The van der Waals surface area contributed by atoms with Crippen molar-refractivity contribution in [2.24, 2.45) is 11.8 Å². The van der Waals surface area contributed by atoms with E-state index in [1.165, 1.54) is 6.42 Å². The van der Waals surface area contributed by atoms with Crippen molar-refractivity contribution in [3.63, 3.8) is 0 Å². The Morgan fingerprint density at radius 1 is 1.29 bits per heavy atom. The second-order valence-corrected chi connectivity index (χ2v) is 4.56. The van der Waals surface area contributed by atoms with Crippen LogP contribution in [0.4, 0.5) is 0 Å². The Labute approximate surface area is 85.4 Å². The van der Waals surface area contributed by atoms with E-state index in [4.69, 9.17) is 4.74 Å². The van der Waals surface area contributed by atoms with Crippen LogP contribution in [0.25, 0.3) is 0 Å². The second-order valence-electron chi connectivity index (χ2n) is 4.56. The molecule has 0 aromatic rings. The van der Waals surface area contributed by atoms with E-state index in [0.717, 1.165) is 39.1 Å². The largest absolute Gasteiger partial charge is 0.381 e. The maximum atomic E-state index is 12.0. The number of rotatable bonds is 1. The zero-order valence-corrected chi connectivity index (χ0v) is 8.87. The summed E-state index contributed by atoms with van der Waals surface area (Å²) in [5.41, 5.74) is 0. The van der Waals surface area contributed by atoms with E-state index >= 15 is 0 Å². The summed E-state index contributed by atoms with van der Waals surface area (Å²) < 4.78 is 5.26. The quantitative estimate of drug-likeness (QED) is 0.633. The molecule has 2 rings (SSSR count). The zero-order chi connectivity index (χ0) is 9.97. The van der Waals surface area contributed by atoms with Crippen molar-refractivity contribution in [1.82, 2.24) is 4.90 Å². The summed E-state index contributed by atoms with van der Waals surface area (Å²) in [6.07, 6.45) is 3.02. The molecule has 0 unspecified atom stereocenters. The van der Waals surface area contributed by atoms with Crippen LogP contribution in [0.15, 0.2) is 0 Å². The van der Waals surface area contributed by atoms with Gasteiger partial charge in [-0.15, -0.1) is 0 Å². The van der Waals surface area contributed by atoms with Gasteiger partial charge in [-0.2, -0.15) is 0 Å². The summed E-state index contributed by atoms with van der Waals surface area (Å²) in [6, 6.07) is 0. The van der Waals surface area contributed by atoms with Crippen molar-refractivity contribution in [3.8, 4) is 0 Å². The molecular formula is C11H19NO2. The molecule has 0 bridgehead atoms. The third-order valence-corrected chi connectivity index (χ3v) is 3.31. The molecule has 2 fully saturated rings. The lowest BCUT2D eigenvalue weighted by Gasteiger charge is -2.26. The topological polar surface area (TPSA) is 29.5 Å². The zero-order valence-electron chi connectivity index (χ0n) is 8.87. The Morgan fingerprint density at radius 3 is 2.57 bits per heavy atom. The van der Waals surface area contributed by atoms with Crippen LogP contribution in [0, 0.1) is 11.8 Å². The number of nitrogens with zero attached hydrogens (tertiary/aromatic N) is 1. The Bertz CT molecular complexity index is 205. The first-order chi connectivity index (χ1) is 6.77.